The van der Waals surface area contributed by atoms with E-state index in [9.17, 15) is 14.4 Å². The van der Waals surface area contributed by atoms with Gasteiger partial charge in [-0.15, -0.1) is 0 Å². The van der Waals surface area contributed by atoms with Crippen molar-refractivity contribution in [1.29, 1.82) is 0 Å². The van der Waals surface area contributed by atoms with E-state index in [1.165, 1.54) is 0 Å². The third-order valence-electron chi connectivity index (χ3n) is 3.43. The molecule has 1 saturated heterocycles. The fourth-order valence-corrected chi connectivity index (χ4v) is 2.28. The molecular formula is C15H26N2O5. The summed E-state index contributed by atoms with van der Waals surface area (Å²) < 4.78 is 5.09. The quantitative estimate of drug-likeness (QED) is 0.752. The van der Waals surface area contributed by atoms with Gasteiger partial charge in [0.05, 0.1) is 5.92 Å². The average molecular weight is 314 g/mol. The molecule has 1 aliphatic rings. The van der Waals surface area contributed by atoms with E-state index in [1.54, 1.807) is 25.7 Å². The number of hydrogen-bond donors (Lipinski definition) is 2. The van der Waals surface area contributed by atoms with Gasteiger partial charge in [-0.3, -0.25) is 9.59 Å². The third kappa shape index (κ3) is 6.78. The van der Waals surface area contributed by atoms with Crippen LogP contribution >= 0.6 is 0 Å². The van der Waals surface area contributed by atoms with Crippen LogP contribution in [0.25, 0.3) is 0 Å². The van der Waals surface area contributed by atoms with Crippen molar-refractivity contribution < 1.29 is 24.2 Å². The summed E-state index contributed by atoms with van der Waals surface area (Å²) in [6.07, 6.45) is 1.42. The molecule has 0 aliphatic carbocycles. The SMILES string of the molecule is CC(C)(C)OC(=O)NCCCC(=O)N1CCC(C(=O)O)CC1. The Hall–Kier alpha value is -1.79. The lowest BCUT2D eigenvalue weighted by molar-refractivity contribution is -0.145. The molecule has 0 saturated carbocycles. The molecule has 1 rings (SSSR count). The van der Waals surface area contributed by atoms with Crippen molar-refractivity contribution in [2.45, 2.75) is 52.1 Å². The molecule has 1 heterocycles. The molecule has 22 heavy (non-hydrogen) atoms. The van der Waals surface area contributed by atoms with Crippen LogP contribution < -0.4 is 5.32 Å². The topological polar surface area (TPSA) is 95.9 Å². The van der Waals surface area contributed by atoms with Crippen LogP contribution in [-0.4, -0.2) is 53.2 Å². The van der Waals surface area contributed by atoms with Crippen LogP contribution in [-0.2, 0) is 14.3 Å². The van der Waals surface area contributed by atoms with Crippen LogP contribution in [0.3, 0.4) is 0 Å². The standard InChI is InChI=1S/C15H26N2O5/c1-15(2,3)22-14(21)16-8-4-5-12(18)17-9-6-11(7-10-17)13(19)20/h11H,4-10H2,1-3H3,(H,16,21)(H,19,20). The van der Waals surface area contributed by atoms with Crippen molar-refractivity contribution in [1.82, 2.24) is 10.2 Å². The van der Waals surface area contributed by atoms with Gasteiger partial charge in [-0.1, -0.05) is 0 Å². The van der Waals surface area contributed by atoms with Gasteiger partial charge in [-0.05, 0) is 40.0 Å². The highest BCUT2D eigenvalue weighted by Gasteiger charge is 2.26. The number of carbonyl (C=O) groups is 3. The fourth-order valence-electron chi connectivity index (χ4n) is 2.28. The molecule has 0 unspecified atom stereocenters. The van der Waals surface area contributed by atoms with Crippen LogP contribution in [0.5, 0.6) is 0 Å². The highest BCUT2D eigenvalue weighted by atomic mass is 16.6. The Balaban J connectivity index is 2.17. The van der Waals surface area contributed by atoms with Gasteiger partial charge < -0.3 is 20.1 Å². The summed E-state index contributed by atoms with van der Waals surface area (Å²) in [5, 5.41) is 11.5. The molecule has 0 atom stereocenters. The average Bonchev–Trinajstić information content (AvgIpc) is 2.41. The van der Waals surface area contributed by atoms with Gasteiger partial charge in [0.15, 0.2) is 0 Å². The molecule has 126 valence electrons. The highest BCUT2D eigenvalue weighted by Crippen LogP contribution is 2.18. The van der Waals surface area contributed by atoms with Gasteiger partial charge in [0.2, 0.25) is 5.91 Å². The second-order valence-electron chi connectivity index (χ2n) is 6.53. The highest BCUT2D eigenvalue weighted by molar-refractivity contribution is 5.77. The predicted molar refractivity (Wildman–Crippen MR) is 80.4 cm³/mol. The molecule has 1 aliphatic heterocycles. The summed E-state index contributed by atoms with van der Waals surface area (Å²) in [6, 6.07) is 0. The number of rotatable bonds is 5. The van der Waals surface area contributed by atoms with Crippen LogP contribution in [0.4, 0.5) is 4.79 Å². The number of piperidine rings is 1. The van der Waals surface area contributed by atoms with Gasteiger partial charge in [0.25, 0.3) is 0 Å². The number of carbonyl (C=O) groups excluding carboxylic acids is 2. The summed E-state index contributed by atoms with van der Waals surface area (Å²) in [6.45, 7) is 6.74. The largest absolute Gasteiger partial charge is 0.481 e. The fraction of sp³-hybridized carbons (Fsp3) is 0.800. The summed E-state index contributed by atoms with van der Waals surface area (Å²) in [5.41, 5.74) is -0.533. The summed E-state index contributed by atoms with van der Waals surface area (Å²) >= 11 is 0. The zero-order valence-electron chi connectivity index (χ0n) is 13.6. The first-order chi connectivity index (χ1) is 10.2. The zero-order valence-corrected chi connectivity index (χ0v) is 13.6. The van der Waals surface area contributed by atoms with E-state index in [0.717, 1.165) is 0 Å². The van der Waals surface area contributed by atoms with E-state index in [4.69, 9.17) is 9.84 Å². The van der Waals surface area contributed by atoms with Gasteiger partial charge in [0.1, 0.15) is 5.60 Å². The van der Waals surface area contributed by atoms with Crippen molar-refractivity contribution in [2.24, 2.45) is 5.92 Å². The van der Waals surface area contributed by atoms with E-state index in [-0.39, 0.29) is 11.8 Å². The van der Waals surface area contributed by atoms with Gasteiger partial charge in [-0.25, -0.2) is 4.79 Å². The number of carboxylic acids is 1. The molecule has 2 amide bonds. The minimum atomic E-state index is -0.784. The van der Waals surface area contributed by atoms with Crippen LogP contribution in [0.2, 0.25) is 0 Å². The number of nitrogens with zero attached hydrogens (tertiary/aromatic N) is 1. The van der Waals surface area contributed by atoms with Gasteiger partial charge in [0, 0.05) is 26.1 Å². The number of aliphatic carboxylic acids is 1. The first kappa shape index (κ1) is 18.3. The van der Waals surface area contributed by atoms with Crippen LogP contribution in [0, 0.1) is 5.92 Å². The second kappa shape index (κ2) is 8.00. The maximum atomic E-state index is 12.0. The summed E-state index contributed by atoms with van der Waals surface area (Å²) in [7, 11) is 0. The molecule has 1 fully saturated rings. The third-order valence-corrected chi connectivity index (χ3v) is 3.43. The van der Waals surface area contributed by atoms with Crippen molar-refractivity contribution in [3.8, 4) is 0 Å². The molecule has 7 heteroatoms. The Morgan fingerprint density at radius 2 is 1.82 bits per heavy atom. The molecule has 0 spiro atoms. The number of carboxylic acid groups (broad SMARTS) is 1. The second-order valence-corrected chi connectivity index (χ2v) is 6.53. The Morgan fingerprint density at radius 3 is 2.32 bits per heavy atom. The Labute approximate surface area is 131 Å². The molecule has 2 N–H and O–H groups in total. The summed E-state index contributed by atoms with van der Waals surface area (Å²) in [5.74, 6) is -1.11. The molecular weight excluding hydrogens is 288 g/mol. The number of ether oxygens (including phenoxy) is 1. The van der Waals surface area contributed by atoms with E-state index >= 15 is 0 Å². The normalized spacial score (nSPS) is 16.2. The van der Waals surface area contributed by atoms with E-state index in [2.05, 4.69) is 5.32 Å². The zero-order chi connectivity index (χ0) is 16.8. The van der Waals surface area contributed by atoms with Crippen LogP contribution in [0.1, 0.15) is 46.5 Å². The molecule has 0 aromatic heterocycles. The lowest BCUT2D eigenvalue weighted by Crippen LogP contribution is -2.40. The first-order valence-corrected chi connectivity index (χ1v) is 7.66. The van der Waals surface area contributed by atoms with E-state index in [1.807, 2.05) is 0 Å². The number of likely N-dealkylation sites (tertiary alicyclic amines) is 1. The minimum Gasteiger partial charge on any atom is -0.481 e. The van der Waals surface area contributed by atoms with Crippen molar-refractivity contribution in [2.75, 3.05) is 19.6 Å². The van der Waals surface area contributed by atoms with E-state index in [0.29, 0.717) is 45.3 Å². The van der Waals surface area contributed by atoms with Crippen molar-refractivity contribution in [3.63, 3.8) is 0 Å². The number of alkyl carbamates (subject to hydrolysis) is 1. The first-order valence-electron chi connectivity index (χ1n) is 7.66. The van der Waals surface area contributed by atoms with Crippen molar-refractivity contribution in [3.05, 3.63) is 0 Å². The van der Waals surface area contributed by atoms with Crippen molar-refractivity contribution >= 4 is 18.0 Å². The van der Waals surface area contributed by atoms with E-state index < -0.39 is 17.7 Å². The minimum absolute atomic E-state index is 0.00910. The molecule has 7 nitrogen and oxygen atoms in total. The molecule has 0 radical (unpaired) electrons. The number of nitrogens with one attached hydrogen (secondary N) is 1. The Kier molecular flexibility index (Phi) is 6.64. The van der Waals surface area contributed by atoms with Gasteiger partial charge in [-0.2, -0.15) is 0 Å². The number of hydrogen-bond acceptors (Lipinski definition) is 4. The van der Waals surface area contributed by atoms with Gasteiger partial charge >= 0.3 is 12.1 Å². The van der Waals surface area contributed by atoms with Crippen LogP contribution in [0.15, 0.2) is 0 Å². The Morgan fingerprint density at radius 1 is 1.23 bits per heavy atom. The smallest absolute Gasteiger partial charge is 0.407 e. The maximum Gasteiger partial charge on any atom is 0.407 e. The molecule has 0 aromatic rings. The Bertz CT molecular complexity index is 409. The maximum absolute atomic E-state index is 12.0. The molecule has 0 bridgehead atoms. The monoisotopic (exact) mass is 314 g/mol. The summed E-state index contributed by atoms with van der Waals surface area (Å²) in [4.78, 5) is 36.0. The molecule has 0 aromatic carbocycles. The lowest BCUT2D eigenvalue weighted by Gasteiger charge is -2.30. The number of amides is 2. The lowest BCUT2D eigenvalue weighted by atomic mass is 9.97. The predicted octanol–water partition coefficient (Wildman–Crippen LogP) is 1.61.